The topological polar surface area (TPSA) is 20.3 Å². The van der Waals surface area contributed by atoms with E-state index in [1.807, 2.05) is 13.0 Å². The van der Waals surface area contributed by atoms with Crippen LogP contribution in [0.5, 0.6) is 0 Å². The molecular weight excluding hydrogens is 374 g/mol. The number of anilines is 1. The fourth-order valence-electron chi connectivity index (χ4n) is 3.92. The molecule has 0 saturated heterocycles. The van der Waals surface area contributed by atoms with Gasteiger partial charge in [-0.15, -0.1) is 11.3 Å². The Kier molecular flexibility index (Phi) is 5.33. The third kappa shape index (κ3) is 3.54. The van der Waals surface area contributed by atoms with Gasteiger partial charge in [0.05, 0.1) is 10.4 Å². The molecule has 4 rings (SSSR count). The third-order valence-electron chi connectivity index (χ3n) is 5.22. The second-order valence-corrected chi connectivity index (χ2v) is 8.84. The molecule has 0 radical (unpaired) electrons. The van der Waals surface area contributed by atoms with Crippen LogP contribution in [0.3, 0.4) is 0 Å². The first-order valence-corrected chi connectivity index (χ1v) is 10.5. The summed E-state index contributed by atoms with van der Waals surface area (Å²) in [6.45, 7) is 2.90. The minimum atomic E-state index is 0.104. The minimum absolute atomic E-state index is 0.104. The van der Waals surface area contributed by atoms with Crippen LogP contribution >= 0.6 is 22.9 Å². The lowest BCUT2D eigenvalue weighted by atomic mass is 9.87. The summed E-state index contributed by atoms with van der Waals surface area (Å²) in [6, 6.07) is 21.5. The van der Waals surface area contributed by atoms with E-state index < -0.39 is 0 Å². The van der Waals surface area contributed by atoms with Crippen LogP contribution in [0, 0.1) is 5.92 Å². The standard InChI is InChI=1S/C23H22ClNOS/c1-16(15-26)7-6-14-25-20-11-5-4-9-18(20)17-8-2-3-10-19(17)23(25)21-12-13-22(24)27-21/h2-5,8-13,15-16,23H,6-7,14H2,1H3. The number of fused-ring (bicyclic) bond motifs is 3. The fourth-order valence-corrected chi connectivity index (χ4v) is 5.12. The Morgan fingerprint density at radius 1 is 1.07 bits per heavy atom. The predicted molar refractivity (Wildman–Crippen MR) is 115 cm³/mol. The van der Waals surface area contributed by atoms with Crippen molar-refractivity contribution in [1.82, 2.24) is 0 Å². The summed E-state index contributed by atoms with van der Waals surface area (Å²) in [5.74, 6) is 0.104. The van der Waals surface area contributed by atoms with E-state index >= 15 is 0 Å². The van der Waals surface area contributed by atoms with E-state index in [2.05, 4.69) is 59.5 Å². The van der Waals surface area contributed by atoms with Gasteiger partial charge in [0, 0.05) is 28.6 Å². The van der Waals surface area contributed by atoms with Crippen LogP contribution < -0.4 is 4.90 Å². The highest BCUT2D eigenvalue weighted by molar-refractivity contribution is 7.16. The molecule has 0 fully saturated rings. The van der Waals surface area contributed by atoms with Gasteiger partial charge in [-0.25, -0.2) is 0 Å². The Morgan fingerprint density at radius 2 is 1.81 bits per heavy atom. The van der Waals surface area contributed by atoms with Crippen LogP contribution in [-0.4, -0.2) is 12.8 Å². The average Bonchev–Trinajstić information content (AvgIpc) is 3.13. The molecule has 2 unspecified atom stereocenters. The number of hydrogen-bond acceptors (Lipinski definition) is 3. The second kappa shape index (κ2) is 7.87. The normalized spacial score (nSPS) is 16.5. The zero-order valence-corrected chi connectivity index (χ0v) is 16.8. The van der Waals surface area contributed by atoms with Gasteiger partial charge in [-0.1, -0.05) is 61.0 Å². The number of benzene rings is 2. The zero-order valence-electron chi connectivity index (χ0n) is 15.3. The van der Waals surface area contributed by atoms with Gasteiger partial charge in [-0.2, -0.15) is 0 Å². The molecule has 2 aromatic carbocycles. The summed E-state index contributed by atoms with van der Waals surface area (Å²) in [7, 11) is 0. The van der Waals surface area contributed by atoms with Crippen molar-refractivity contribution in [1.29, 1.82) is 0 Å². The number of aldehydes is 1. The van der Waals surface area contributed by atoms with Gasteiger partial charge in [-0.3, -0.25) is 0 Å². The monoisotopic (exact) mass is 395 g/mol. The fraction of sp³-hybridized carbons (Fsp3) is 0.261. The van der Waals surface area contributed by atoms with Crippen molar-refractivity contribution in [3.8, 4) is 11.1 Å². The van der Waals surface area contributed by atoms with Gasteiger partial charge in [0.2, 0.25) is 0 Å². The molecular formula is C23H22ClNOS. The summed E-state index contributed by atoms with van der Waals surface area (Å²) in [5.41, 5.74) is 5.14. The lowest BCUT2D eigenvalue weighted by Gasteiger charge is -2.40. The molecule has 2 atom stereocenters. The highest BCUT2D eigenvalue weighted by Gasteiger charge is 2.32. The van der Waals surface area contributed by atoms with Crippen molar-refractivity contribution in [3.05, 3.63) is 75.4 Å². The maximum atomic E-state index is 11.0. The number of thiophene rings is 1. The first kappa shape index (κ1) is 18.3. The van der Waals surface area contributed by atoms with Crippen LogP contribution in [0.1, 0.15) is 36.2 Å². The van der Waals surface area contributed by atoms with Crippen LogP contribution in [0.4, 0.5) is 5.69 Å². The number of carbonyl (C=O) groups is 1. The first-order valence-electron chi connectivity index (χ1n) is 9.34. The largest absolute Gasteiger partial charge is 0.359 e. The highest BCUT2D eigenvalue weighted by Crippen LogP contribution is 2.48. The van der Waals surface area contributed by atoms with E-state index in [9.17, 15) is 4.79 Å². The molecule has 1 aliphatic rings. The Bertz CT molecular complexity index is 951. The van der Waals surface area contributed by atoms with E-state index in [4.69, 9.17) is 11.6 Å². The van der Waals surface area contributed by atoms with Crippen molar-refractivity contribution in [2.75, 3.05) is 11.4 Å². The molecule has 0 aliphatic carbocycles. The van der Waals surface area contributed by atoms with Gasteiger partial charge in [0.25, 0.3) is 0 Å². The van der Waals surface area contributed by atoms with Crippen molar-refractivity contribution in [2.24, 2.45) is 5.92 Å². The Hall–Kier alpha value is -2.10. The number of nitrogens with zero attached hydrogens (tertiary/aromatic N) is 1. The SMILES string of the molecule is CC(C=O)CCCN1c2ccccc2-c2ccccc2C1c1ccc(Cl)s1. The van der Waals surface area contributed by atoms with Crippen LogP contribution in [-0.2, 0) is 4.79 Å². The molecule has 1 aromatic heterocycles. The van der Waals surface area contributed by atoms with E-state index in [-0.39, 0.29) is 12.0 Å². The van der Waals surface area contributed by atoms with Gasteiger partial charge < -0.3 is 9.69 Å². The summed E-state index contributed by atoms with van der Waals surface area (Å²) in [5, 5.41) is 0. The molecule has 0 saturated carbocycles. The lowest BCUT2D eigenvalue weighted by molar-refractivity contribution is -0.110. The van der Waals surface area contributed by atoms with Crippen molar-refractivity contribution in [2.45, 2.75) is 25.8 Å². The summed E-state index contributed by atoms with van der Waals surface area (Å²) in [4.78, 5) is 14.7. The molecule has 3 aromatic rings. The zero-order chi connectivity index (χ0) is 18.8. The summed E-state index contributed by atoms with van der Waals surface area (Å²) in [6.07, 6.45) is 2.93. The van der Waals surface area contributed by atoms with Crippen LogP contribution in [0.25, 0.3) is 11.1 Å². The van der Waals surface area contributed by atoms with Crippen molar-refractivity contribution < 1.29 is 4.79 Å². The summed E-state index contributed by atoms with van der Waals surface area (Å²) >= 11 is 7.93. The molecule has 0 spiro atoms. The van der Waals surface area contributed by atoms with Crippen molar-refractivity contribution >= 4 is 34.9 Å². The molecule has 2 nitrogen and oxygen atoms in total. The minimum Gasteiger partial charge on any atom is -0.359 e. The Labute approximate surface area is 169 Å². The van der Waals surface area contributed by atoms with E-state index in [0.29, 0.717) is 0 Å². The number of halogens is 1. The maximum absolute atomic E-state index is 11.0. The quantitative estimate of drug-likeness (QED) is 0.438. The van der Waals surface area contributed by atoms with Gasteiger partial charge in [0.15, 0.2) is 0 Å². The molecule has 0 amide bonds. The average molecular weight is 396 g/mol. The smallest absolute Gasteiger partial charge is 0.122 e. The maximum Gasteiger partial charge on any atom is 0.122 e. The van der Waals surface area contributed by atoms with E-state index in [1.54, 1.807) is 11.3 Å². The first-order chi connectivity index (χ1) is 13.2. The molecule has 0 bridgehead atoms. The van der Waals surface area contributed by atoms with Gasteiger partial charge in [-0.05, 0) is 42.2 Å². The van der Waals surface area contributed by atoms with Gasteiger partial charge >= 0.3 is 0 Å². The number of rotatable bonds is 6. The molecule has 138 valence electrons. The highest BCUT2D eigenvalue weighted by atomic mass is 35.5. The molecule has 27 heavy (non-hydrogen) atoms. The lowest BCUT2D eigenvalue weighted by Crippen LogP contribution is -2.33. The molecule has 1 aliphatic heterocycles. The van der Waals surface area contributed by atoms with Gasteiger partial charge in [0.1, 0.15) is 6.29 Å². The molecule has 4 heteroatoms. The molecule has 2 heterocycles. The predicted octanol–water partition coefficient (Wildman–Crippen LogP) is 6.59. The van der Waals surface area contributed by atoms with E-state index in [0.717, 1.165) is 30.0 Å². The van der Waals surface area contributed by atoms with Crippen LogP contribution in [0.15, 0.2) is 60.7 Å². The number of para-hydroxylation sites is 1. The Morgan fingerprint density at radius 3 is 2.56 bits per heavy atom. The third-order valence-corrected chi connectivity index (χ3v) is 6.51. The number of hydrogen-bond donors (Lipinski definition) is 0. The summed E-state index contributed by atoms with van der Waals surface area (Å²) < 4.78 is 0.816. The van der Waals surface area contributed by atoms with Crippen LogP contribution in [0.2, 0.25) is 4.34 Å². The second-order valence-electron chi connectivity index (χ2n) is 7.10. The molecule has 0 N–H and O–H groups in total. The number of carbonyl (C=O) groups excluding carboxylic acids is 1. The van der Waals surface area contributed by atoms with E-state index in [1.165, 1.54) is 27.3 Å². The Balaban J connectivity index is 1.79. The van der Waals surface area contributed by atoms with Crippen molar-refractivity contribution in [3.63, 3.8) is 0 Å².